The normalized spacial score (nSPS) is 16.6. The van der Waals surface area contributed by atoms with E-state index in [1.165, 1.54) is 11.3 Å². The van der Waals surface area contributed by atoms with Crippen LogP contribution in [0.4, 0.5) is 5.69 Å². The van der Waals surface area contributed by atoms with Crippen molar-refractivity contribution in [1.29, 1.82) is 0 Å². The molecule has 0 aromatic heterocycles. The molecule has 0 atom stereocenters. The maximum atomic E-state index is 5.87. The molecule has 1 aliphatic heterocycles. The predicted molar refractivity (Wildman–Crippen MR) is 71.9 cm³/mol. The summed E-state index contributed by atoms with van der Waals surface area (Å²) in [7, 11) is 0. The van der Waals surface area contributed by atoms with Gasteiger partial charge >= 0.3 is 0 Å². The highest BCUT2D eigenvalue weighted by Gasteiger charge is 2.15. The van der Waals surface area contributed by atoms with Crippen LogP contribution in [0.3, 0.4) is 0 Å². The molecular weight excluding hydrogens is 196 g/mol. The molecule has 0 amide bonds. The quantitative estimate of drug-likeness (QED) is 0.788. The van der Waals surface area contributed by atoms with E-state index in [0.29, 0.717) is 6.04 Å². The molecule has 1 fully saturated rings. The Balaban J connectivity index is 0.000000606. The van der Waals surface area contributed by atoms with Crippen molar-refractivity contribution in [2.45, 2.75) is 39.7 Å². The fourth-order valence-corrected chi connectivity index (χ4v) is 1.91. The lowest BCUT2D eigenvalue weighted by atomic mass is 10.1. The number of rotatable bonds is 1. The van der Waals surface area contributed by atoms with Gasteiger partial charge in [-0.05, 0) is 31.9 Å². The summed E-state index contributed by atoms with van der Waals surface area (Å²) in [6.45, 7) is 8.32. The first-order chi connectivity index (χ1) is 7.75. The summed E-state index contributed by atoms with van der Waals surface area (Å²) in [5, 5.41) is 0. The van der Waals surface area contributed by atoms with Gasteiger partial charge in [0.25, 0.3) is 0 Å². The summed E-state index contributed by atoms with van der Waals surface area (Å²) in [5.41, 5.74) is 8.53. The third-order valence-electron chi connectivity index (χ3n) is 2.94. The molecule has 0 saturated carbocycles. The van der Waals surface area contributed by atoms with Gasteiger partial charge in [0.15, 0.2) is 0 Å². The van der Waals surface area contributed by atoms with Crippen molar-refractivity contribution < 1.29 is 0 Å². The first kappa shape index (κ1) is 13.0. The number of aryl methyl sites for hydroxylation is 1. The summed E-state index contributed by atoms with van der Waals surface area (Å²) in [6, 6.07) is 9.16. The van der Waals surface area contributed by atoms with Crippen molar-refractivity contribution in [1.82, 2.24) is 0 Å². The molecule has 0 unspecified atom stereocenters. The van der Waals surface area contributed by atoms with Gasteiger partial charge in [-0.15, -0.1) is 0 Å². The summed E-state index contributed by atoms with van der Waals surface area (Å²) in [4.78, 5) is 2.42. The van der Waals surface area contributed by atoms with E-state index in [0.717, 1.165) is 25.9 Å². The van der Waals surface area contributed by atoms with E-state index >= 15 is 0 Å². The molecule has 0 bridgehead atoms. The van der Waals surface area contributed by atoms with E-state index in [2.05, 4.69) is 36.1 Å². The van der Waals surface area contributed by atoms with E-state index < -0.39 is 0 Å². The summed E-state index contributed by atoms with van der Waals surface area (Å²) < 4.78 is 0. The molecule has 1 aromatic carbocycles. The Kier molecular flexibility index (Phi) is 5.33. The van der Waals surface area contributed by atoms with E-state index in [-0.39, 0.29) is 0 Å². The molecule has 1 saturated heterocycles. The number of anilines is 1. The second-order valence-corrected chi connectivity index (χ2v) is 4.16. The molecule has 2 rings (SSSR count). The van der Waals surface area contributed by atoms with Crippen molar-refractivity contribution >= 4 is 5.69 Å². The minimum atomic E-state index is 0.414. The number of nitrogens with two attached hydrogens (primary N) is 1. The van der Waals surface area contributed by atoms with E-state index in [1.54, 1.807) is 0 Å². The van der Waals surface area contributed by atoms with Crippen molar-refractivity contribution in [2.75, 3.05) is 18.0 Å². The standard InChI is InChI=1S/C12H18N2.C2H6/c1-10-2-4-12(5-3-10)14-8-6-11(13)7-9-14;1-2/h2-5,11H,6-9,13H2,1H3;1-2H3. The fourth-order valence-electron chi connectivity index (χ4n) is 1.91. The number of hydrogen-bond acceptors (Lipinski definition) is 2. The Morgan fingerprint density at radius 3 is 2.06 bits per heavy atom. The van der Waals surface area contributed by atoms with E-state index in [1.807, 2.05) is 13.8 Å². The minimum Gasteiger partial charge on any atom is -0.371 e. The van der Waals surface area contributed by atoms with Gasteiger partial charge in [0.05, 0.1) is 0 Å². The van der Waals surface area contributed by atoms with Crippen LogP contribution in [0, 0.1) is 6.92 Å². The molecule has 2 N–H and O–H groups in total. The smallest absolute Gasteiger partial charge is 0.0366 e. The Morgan fingerprint density at radius 1 is 1.06 bits per heavy atom. The molecule has 1 aromatic rings. The number of hydrogen-bond donors (Lipinski definition) is 1. The van der Waals surface area contributed by atoms with Crippen molar-refractivity contribution in [3.8, 4) is 0 Å². The van der Waals surface area contributed by atoms with Gasteiger partial charge in [0.1, 0.15) is 0 Å². The lowest BCUT2D eigenvalue weighted by Crippen LogP contribution is -2.39. The van der Waals surface area contributed by atoms with Gasteiger partial charge in [0, 0.05) is 24.8 Å². The van der Waals surface area contributed by atoms with Crippen LogP contribution in [0.2, 0.25) is 0 Å². The van der Waals surface area contributed by atoms with Crippen molar-refractivity contribution in [2.24, 2.45) is 5.73 Å². The molecule has 1 aliphatic rings. The van der Waals surface area contributed by atoms with Gasteiger partial charge in [-0.25, -0.2) is 0 Å². The van der Waals surface area contributed by atoms with Crippen LogP contribution < -0.4 is 10.6 Å². The summed E-state index contributed by atoms with van der Waals surface area (Å²) in [6.07, 6.45) is 2.24. The zero-order chi connectivity index (χ0) is 12.0. The Labute approximate surface area is 99.5 Å². The number of piperidine rings is 1. The van der Waals surface area contributed by atoms with Crippen LogP contribution >= 0.6 is 0 Å². The monoisotopic (exact) mass is 220 g/mol. The van der Waals surface area contributed by atoms with Gasteiger partial charge in [-0.2, -0.15) is 0 Å². The zero-order valence-corrected chi connectivity index (χ0v) is 10.7. The lowest BCUT2D eigenvalue weighted by Gasteiger charge is -2.32. The molecule has 0 spiro atoms. The molecule has 2 nitrogen and oxygen atoms in total. The topological polar surface area (TPSA) is 29.3 Å². The second kappa shape index (κ2) is 6.54. The average molecular weight is 220 g/mol. The summed E-state index contributed by atoms with van der Waals surface area (Å²) >= 11 is 0. The summed E-state index contributed by atoms with van der Waals surface area (Å²) in [5.74, 6) is 0. The van der Waals surface area contributed by atoms with Crippen molar-refractivity contribution in [3.05, 3.63) is 29.8 Å². The first-order valence-corrected chi connectivity index (χ1v) is 6.33. The molecular formula is C14H24N2. The van der Waals surface area contributed by atoms with Gasteiger partial charge in [0.2, 0.25) is 0 Å². The third kappa shape index (κ3) is 3.53. The third-order valence-corrected chi connectivity index (χ3v) is 2.94. The maximum absolute atomic E-state index is 5.87. The Morgan fingerprint density at radius 2 is 1.56 bits per heavy atom. The van der Waals surface area contributed by atoms with Crippen LogP contribution in [0.15, 0.2) is 24.3 Å². The van der Waals surface area contributed by atoms with Gasteiger partial charge in [-0.1, -0.05) is 31.5 Å². The highest BCUT2D eigenvalue weighted by atomic mass is 15.1. The van der Waals surface area contributed by atoms with Crippen LogP contribution in [0.1, 0.15) is 32.3 Å². The Bertz CT molecular complexity index is 284. The SMILES string of the molecule is CC.Cc1ccc(N2CCC(N)CC2)cc1. The van der Waals surface area contributed by atoms with Crippen LogP contribution in [0.25, 0.3) is 0 Å². The molecule has 1 heterocycles. The molecule has 0 radical (unpaired) electrons. The van der Waals surface area contributed by atoms with Crippen LogP contribution in [-0.4, -0.2) is 19.1 Å². The number of benzene rings is 1. The maximum Gasteiger partial charge on any atom is 0.0366 e. The molecule has 90 valence electrons. The van der Waals surface area contributed by atoms with E-state index in [9.17, 15) is 0 Å². The van der Waals surface area contributed by atoms with Gasteiger partial charge in [-0.3, -0.25) is 0 Å². The molecule has 0 aliphatic carbocycles. The largest absolute Gasteiger partial charge is 0.371 e. The molecule has 2 heteroatoms. The lowest BCUT2D eigenvalue weighted by molar-refractivity contribution is 0.501. The zero-order valence-electron chi connectivity index (χ0n) is 10.7. The van der Waals surface area contributed by atoms with Crippen LogP contribution in [-0.2, 0) is 0 Å². The minimum absolute atomic E-state index is 0.414. The average Bonchev–Trinajstić information content (AvgIpc) is 2.34. The molecule has 16 heavy (non-hydrogen) atoms. The highest BCUT2D eigenvalue weighted by molar-refractivity contribution is 5.47. The van der Waals surface area contributed by atoms with Gasteiger partial charge < -0.3 is 10.6 Å². The first-order valence-electron chi connectivity index (χ1n) is 6.33. The Hall–Kier alpha value is -1.02. The predicted octanol–water partition coefficient (Wildman–Crippen LogP) is 2.95. The fraction of sp³-hybridized carbons (Fsp3) is 0.571. The second-order valence-electron chi connectivity index (χ2n) is 4.16. The van der Waals surface area contributed by atoms with Crippen LogP contribution in [0.5, 0.6) is 0 Å². The number of nitrogens with zero attached hydrogens (tertiary/aromatic N) is 1. The van der Waals surface area contributed by atoms with Crippen molar-refractivity contribution in [3.63, 3.8) is 0 Å². The highest BCUT2D eigenvalue weighted by Crippen LogP contribution is 2.19. The van der Waals surface area contributed by atoms with E-state index in [4.69, 9.17) is 5.73 Å².